The molecule has 3 aromatic rings. The summed E-state index contributed by atoms with van der Waals surface area (Å²) in [5.74, 6) is 0.450. The zero-order valence-corrected chi connectivity index (χ0v) is 15.2. The number of halogens is 1. The van der Waals surface area contributed by atoms with Crippen LogP contribution >= 0.6 is 22.9 Å². The number of ether oxygens (including phenoxy) is 1. The fourth-order valence-electron chi connectivity index (χ4n) is 2.42. The molecule has 4 nitrogen and oxygen atoms in total. The molecule has 1 unspecified atom stereocenters. The largest absolute Gasteiger partial charge is 0.481 e. The van der Waals surface area contributed by atoms with Crippen LogP contribution in [-0.4, -0.2) is 17.0 Å². The molecule has 0 aliphatic heterocycles. The number of rotatable bonds is 4. The van der Waals surface area contributed by atoms with Crippen molar-refractivity contribution in [1.82, 2.24) is 4.98 Å². The highest BCUT2D eigenvalue weighted by Crippen LogP contribution is 2.28. The maximum Gasteiger partial charge on any atom is 0.266 e. The van der Waals surface area contributed by atoms with Crippen molar-refractivity contribution in [3.8, 4) is 5.75 Å². The van der Waals surface area contributed by atoms with Crippen LogP contribution in [0.5, 0.6) is 5.75 Å². The number of nitrogens with one attached hydrogen (secondary N) is 1. The first kappa shape index (κ1) is 16.7. The minimum Gasteiger partial charge on any atom is -0.481 e. The van der Waals surface area contributed by atoms with E-state index in [-0.39, 0.29) is 5.91 Å². The molecule has 1 atom stereocenters. The van der Waals surface area contributed by atoms with Gasteiger partial charge in [0.2, 0.25) is 0 Å². The van der Waals surface area contributed by atoms with Gasteiger partial charge in [-0.25, -0.2) is 4.98 Å². The van der Waals surface area contributed by atoms with E-state index in [9.17, 15) is 4.79 Å². The molecule has 24 heavy (non-hydrogen) atoms. The molecule has 0 bridgehead atoms. The lowest BCUT2D eigenvalue weighted by atomic mass is 10.1. The second-order valence-electron chi connectivity index (χ2n) is 5.70. The Morgan fingerprint density at radius 2 is 1.92 bits per heavy atom. The van der Waals surface area contributed by atoms with Gasteiger partial charge in [0, 0.05) is 5.02 Å². The monoisotopic (exact) mass is 360 g/mol. The fourth-order valence-corrected chi connectivity index (χ4v) is 3.56. The molecule has 3 rings (SSSR count). The lowest BCUT2D eigenvalue weighted by molar-refractivity contribution is -0.122. The molecule has 1 heterocycles. The Kier molecular flexibility index (Phi) is 4.73. The molecule has 1 N–H and O–H groups in total. The molecule has 0 aliphatic rings. The van der Waals surface area contributed by atoms with Gasteiger partial charge >= 0.3 is 0 Å². The van der Waals surface area contributed by atoms with Crippen LogP contribution in [0.1, 0.15) is 18.1 Å². The molecule has 124 valence electrons. The van der Waals surface area contributed by atoms with Crippen molar-refractivity contribution in [2.75, 3.05) is 5.32 Å². The number of anilines is 1. The van der Waals surface area contributed by atoms with Gasteiger partial charge in [-0.05, 0) is 62.2 Å². The van der Waals surface area contributed by atoms with Gasteiger partial charge in [0.1, 0.15) is 5.75 Å². The van der Waals surface area contributed by atoms with Crippen molar-refractivity contribution in [3.05, 3.63) is 52.5 Å². The first-order chi connectivity index (χ1) is 11.4. The Labute approximate surface area is 149 Å². The second-order valence-corrected chi connectivity index (χ2v) is 7.17. The number of hydrogen-bond donors (Lipinski definition) is 1. The van der Waals surface area contributed by atoms with Crippen molar-refractivity contribution in [2.24, 2.45) is 0 Å². The van der Waals surface area contributed by atoms with E-state index in [2.05, 4.69) is 16.4 Å². The average Bonchev–Trinajstić information content (AvgIpc) is 2.87. The summed E-state index contributed by atoms with van der Waals surface area (Å²) >= 11 is 7.36. The van der Waals surface area contributed by atoms with Gasteiger partial charge in [-0.3, -0.25) is 10.1 Å². The van der Waals surface area contributed by atoms with Gasteiger partial charge in [0.15, 0.2) is 11.2 Å². The number of hydrogen-bond acceptors (Lipinski definition) is 4. The highest BCUT2D eigenvalue weighted by Gasteiger charge is 2.17. The molecule has 1 aromatic heterocycles. The highest BCUT2D eigenvalue weighted by molar-refractivity contribution is 7.22. The number of thiazole rings is 1. The summed E-state index contributed by atoms with van der Waals surface area (Å²) in [5.41, 5.74) is 3.00. The molecule has 0 fully saturated rings. The molecule has 1 amide bonds. The summed E-state index contributed by atoms with van der Waals surface area (Å²) in [5, 5.41) is 3.98. The van der Waals surface area contributed by atoms with E-state index in [0.717, 1.165) is 21.3 Å². The smallest absolute Gasteiger partial charge is 0.266 e. The third-order valence-electron chi connectivity index (χ3n) is 3.46. The van der Waals surface area contributed by atoms with Crippen LogP contribution in [0.2, 0.25) is 5.02 Å². The SMILES string of the molecule is Cc1cc(C)cc(OC(C)C(=O)Nc2nc3ccc(Cl)cc3s2)c1. The van der Waals surface area contributed by atoms with Gasteiger partial charge in [-0.15, -0.1) is 0 Å². The number of fused-ring (bicyclic) bond motifs is 1. The van der Waals surface area contributed by atoms with Crippen LogP contribution in [0.4, 0.5) is 5.13 Å². The molecular formula is C18H17ClN2O2S. The Morgan fingerprint density at radius 1 is 1.21 bits per heavy atom. The maximum absolute atomic E-state index is 12.3. The number of nitrogens with zero attached hydrogens (tertiary/aromatic N) is 1. The van der Waals surface area contributed by atoms with Gasteiger partial charge in [0.05, 0.1) is 10.2 Å². The first-order valence-corrected chi connectivity index (χ1v) is 8.72. The Bertz CT molecular complexity index is 887. The third kappa shape index (κ3) is 3.86. The quantitative estimate of drug-likeness (QED) is 0.714. The molecular weight excluding hydrogens is 344 g/mol. The van der Waals surface area contributed by atoms with Gasteiger partial charge in [-0.2, -0.15) is 0 Å². The van der Waals surface area contributed by atoms with Crippen molar-refractivity contribution < 1.29 is 9.53 Å². The van der Waals surface area contributed by atoms with Crippen LogP contribution in [0.25, 0.3) is 10.2 Å². The lowest BCUT2D eigenvalue weighted by Crippen LogP contribution is -2.30. The number of benzene rings is 2. The number of carbonyl (C=O) groups is 1. The average molecular weight is 361 g/mol. The number of amides is 1. The van der Waals surface area contributed by atoms with E-state index in [4.69, 9.17) is 16.3 Å². The molecule has 0 saturated carbocycles. The number of carbonyl (C=O) groups excluding carboxylic acids is 1. The second kappa shape index (κ2) is 6.79. The van der Waals surface area contributed by atoms with Crippen LogP contribution in [-0.2, 0) is 4.79 Å². The van der Waals surface area contributed by atoms with Crippen LogP contribution in [0, 0.1) is 13.8 Å². The van der Waals surface area contributed by atoms with Crippen molar-refractivity contribution in [3.63, 3.8) is 0 Å². The Balaban J connectivity index is 1.70. The topological polar surface area (TPSA) is 51.2 Å². The molecule has 0 saturated heterocycles. The van der Waals surface area contributed by atoms with Crippen molar-refractivity contribution in [2.45, 2.75) is 26.9 Å². The molecule has 0 radical (unpaired) electrons. The van der Waals surface area contributed by atoms with E-state index in [1.165, 1.54) is 11.3 Å². The summed E-state index contributed by atoms with van der Waals surface area (Å²) in [6.07, 6.45) is -0.623. The Hall–Kier alpha value is -2.11. The van der Waals surface area contributed by atoms with E-state index in [1.54, 1.807) is 13.0 Å². The molecule has 0 aliphatic carbocycles. The van der Waals surface area contributed by atoms with Crippen LogP contribution in [0.15, 0.2) is 36.4 Å². The van der Waals surface area contributed by atoms with Crippen molar-refractivity contribution >= 4 is 44.2 Å². The lowest BCUT2D eigenvalue weighted by Gasteiger charge is -2.14. The molecule has 0 spiro atoms. The molecule has 6 heteroatoms. The summed E-state index contributed by atoms with van der Waals surface area (Å²) < 4.78 is 6.68. The number of aryl methyl sites for hydroxylation is 2. The van der Waals surface area contributed by atoms with E-state index >= 15 is 0 Å². The fraction of sp³-hybridized carbons (Fsp3) is 0.222. The van der Waals surface area contributed by atoms with E-state index in [0.29, 0.717) is 15.9 Å². The Morgan fingerprint density at radius 3 is 2.62 bits per heavy atom. The number of aromatic nitrogens is 1. The zero-order chi connectivity index (χ0) is 17.3. The predicted molar refractivity (Wildman–Crippen MR) is 99.3 cm³/mol. The van der Waals surface area contributed by atoms with Crippen LogP contribution < -0.4 is 10.1 Å². The molecule has 2 aromatic carbocycles. The minimum absolute atomic E-state index is 0.237. The maximum atomic E-state index is 12.3. The standard InChI is InChI=1S/C18H17ClN2O2S/c1-10-6-11(2)8-14(7-10)23-12(3)17(22)21-18-20-15-5-4-13(19)9-16(15)24-18/h4-9,12H,1-3H3,(H,20,21,22). The third-order valence-corrected chi connectivity index (χ3v) is 4.63. The summed E-state index contributed by atoms with van der Waals surface area (Å²) in [6, 6.07) is 11.3. The minimum atomic E-state index is -0.623. The summed E-state index contributed by atoms with van der Waals surface area (Å²) in [7, 11) is 0. The highest BCUT2D eigenvalue weighted by atomic mass is 35.5. The normalized spacial score (nSPS) is 12.2. The summed E-state index contributed by atoms with van der Waals surface area (Å²) in [6.45, 7) is 5.71. The first-order valence-electron chi connectivity index (χ1n) is 7.52. The van der Waals surface area contributed by atoms with Gasteiger partial charge < -0.3 is 4.74 Å². The van der Waals surface area contributed by atoms with Gasteiger partial charge in [0.25, 0.3) is 5.91 Å². The van der Waals surface area contributed by atoms with E-state index < -0.39 is 6.10 Å². The summed E-state index contributed by atoms with van der Waals surface area (Å²) in [4.78, 5) is 16.7. The zero-order valence-electron chi connectivity index (χ0n) is 13.6. The van der Waals surface area contributed by atoms with E-state index in [1.807, 2.05) is 38.1 Å². The van der Waals surface area contributed by atoms with Crippen molar-refractivity contribution in [1.29, 1.82) is 0 Å². The van der Waals surface area contributed by atoms with Crippen LogP contribution in [0.3, 0.4) is 0 Å². The predicted octanol–water partition coefficient (Wildman–Crippen LogP) is 4.97. The van der Waals surface area contributed by atoms with Gasteiger partial charge in [-0.1, -0.05) is 29.0 Å².